The van der Waals surface area contributed by atoms with Crippen LogP contribution in [0.5, 0.6) is 0 Å². The fraction of sp³-hybridized carbons (Fsp3) is 0.233. The number of aromatic nitrogens is 1. The van der Waals surface area contributed by atoms with E-state index in [4.69, 9.17) is 9.73 Å². The summed E-state index contributed by atoms with van der Waals surface area (Å²) in [4.78, 5) is 17.7. The van der Waals surface area contributed by atoms with E-state index >= 15 is 0 Å². The Morgan fingerprint density at radius 2 is 1.51 bits per heavy atom. The number of nitrogens with zero attached hydrogens (tertiary/aromatic N) is 3. The number of aryl methyl sites for hydroxylation is 1. The molecule has 0 aliphatic carbocycles. The average Bonchev–Trinajstić information content (AvgIpc) is 3.23. The predicted molar refractivity (Wildman–Crippen MR) is 140 cm³/mol. The van der Waals surface area contributed by atoms with Gasteiger partial charge in [-0.05, 0) is 45.2 Å². The van der Waals surface area contributed by atoms with Crippen LogP contribution in [-0.2, 0) is 11.2 Å². The van der Waals surface area contributed by atoms with Crippen molar-refractivity contribution in [2.75, 3.05) is 0 Å². The van der Waals surface area contributed by atoms with Crippen molar-refractivity contribution in [3.8, 4) is 6.07 Å². The highest BCUT2D eigenvalue weighted by molar-refractivity contribution is 6.13. The second-order valence-electron chi connectivity index (χ2n) is 9.42. The molecular weight excluding hydrogens is 434 g/mol. The number of carbonyl (C=O) groups excluding carboxylic acids is 1. The molecule has 35 heavy (non-hydrogen) atoms. The maximum Gasteiger partial charge on any atom is 0.419 e. The zero-order chi connectivity index (χ0) is 24.8. The number of ether oxygens (including phenoxy) is 1. The number of benzene rings is 3. The molecule has 0 saturated heterocycles. The van der Waals surface area contributed by atoms with Gasteiger partial charge in [-0.25, -0.2) is 4.79 Å². The molecule has 0 fully saturated rings. The molecular formula is C30H29N3O2. The second-order valence-corrected chi connectivity index (χ2v) is 9.42. The summed E-state index contributed by atoms with van der Waals surface area (Å²) in [5, 5.41) is 10.9. The first-order valence-corrected chi connectivity index (χ1v) is 11.8. The monoisotopic (exact) mass is 463 g/mol. The summed E-state index contributed by atoms with van der Waals surface area (Å²) in [6.45, 7) is 5.55. The van der Waals surface area contributed by atoms with Crippen LogP contribution in [0.15, 0.2) is 96.1 Å². The van der Waals surface area contributed by atoms with E-state index in [2.05, 4.69) is 6.07 Å². The van der Waals surface area contributed by atoms with Crippen molar-refractivity contribution in [1.82, 2.24) is 4.57 Å². The van der Waals surface area contributed by atoms with E-state index in [1.165, 1.54) is 0 Å². The molecule has 0 aliphatic rings. The first-order chi connectivity index (χ1) is 16.9. The van der Waals surface area contributed by atoms with Crippen LogP contribution < -0.4 is 0 Å². The lowest BCUT2D eigenvalue weighted by molar-refractivity contribution is 0.0544. The van der Waals surface area contributed by atoms with Crippen molar-refractivity contribution in [1.29, 1.82) is 5.26 Å². The maximum absolute atomic E-state index is 12.8. The van der Waals surface area contributed by atoms with Gasteiger partial charge >= 0.3 is 6.09 Å². The standard InChI is InChI=1S/C30H29N3O2/c1-30(2,3)35-29(34)33-21-24(26-16-10-11-17-27(26)33)18-19-25(20-31)32-28(22-12-6-4-7-13-22)23-14-8-5-9-15-23/h4-17,21,25H,18-19H2,1-3H3. The van der Waals surface area contributed by atoms with Crippen LogP contribution in [0.1, 0.15) is 43.9 Å². The number of carbonyl (C=O) groups is 1. The Labute approximate surface area is 206 Å². The van der Waals surface area contributed by atoms with E-state index in [9.17, 15) is 10.1 Å². The molecule has 4 rings (SSSR count). The fourth-order valence-corrected chi connectivity index (χ4v) is 4.03. The molecule has 4 aromatic rings. The molecule has 1 atom stereocenters. The molecule has 0 bridgehead atoms. The van der Waals surface area contributed by atoms with Gasteiger partial charge < -0.3 is 4.74 Å². The Hall–Kier alpha value is -4.17. The molecule has 0 N–H and O–H groups in total. The van der Waals surface area contributed by atoms with Gasteiger partial charge in [0.25, 0.3) is 0 Å². The van der Waals surface area contributed by atoms with Gasteiger partial charge in [0.15, 0.2) is 0 Å². The lowest BCUT2D eigenvalue weighted by Gasteiger charge is -2.19. The Morgan fingerprint density at radius 1 is 0.943 bits per heavy atom. The van der Waals surface area contributed by atoms with Crippen LogP contribution >= 0.6 is 0 Å². The highest BCUT2D eigenvalue weighted by Crippen LogP contribution is 2.25. The summed E-state index contributed by atoms with van der Waals surface area (Å²) in [6, 6.07) is 29.5. The van der Waals surface area contributed by atoms with Crippen molar-refractivity contribution in [3.05, 3.63) is 108 Å². The maximum atomic E-state index is 12.8. The van der Waals surface area contributed by atoms with Crippen LogP contribution in [0.2, 0.25) is 0 Å². The van der Waals surface area contributed by atoms with Crippen LogP contribution in [0, 0.1) is 11.3 Å². The summed E-state index contributed by atoms with van der Waals surface area (Å²) in [5.74, 6) is 0. The summed E-state index contributed by atoms with van der Waals surface area (Å²) in [7, 11) is 0. The van der Waals surface area contributed by atoms with E-state index < -0.39 is 17.7 Å². The minimum absolute atomic E-state index is 0.412. The van der Waals surface area contributed by atoms with Crippen molar-refractivity contribution >= 4 is 22.7 Å². The van der Waals surface area contributed by atoms with E-state index in [1.807, 2.05) is 112 Å². The minimum Gasteiger partial charge on any atom is -0.443 e. The lowest BCUT2D eigenvalue weighted by Crippen LogP contribution is -2.26. The van der Waals surface area contributed by atoms with Gasteiger partial charge in [-0.15, -0.1) is 0 Å². The quantitative estimate of drug-likeness (QED) is 0.296. The Morgan fingerprint density at radius 3 is 2.09 bits per heavy atom. The number of nitriles is 1. The molecule has 5 nitrogen and oxygen atoms in total. The zero-order valence-corrected chi connectivity index (χ0v) is 20.3. The SMILES string of the molecule is CC(C)(C)OC(=O)n1cc(CCC(C#N)N=C(c2ccccc2)c2ccccc2)c2ccccc21. The number of hydrogen-bond acceptors (Lipinski definition) is 4. The molecule has 1 unspecified atom stereocenters. The van der Waals surface area contributed by atoms with Gasteiger partial charge in [0, 0.05) is 22.7 Å². The average molecular weight is 464 g/mol. The fourth-order valence-electron chi connectivity index (χ4n) is 4.03. The smallest absolute Gasteiger partial charge is 0.419 e. The molecule has 0 radical (unpaired) electrons. The molecule has 0 amide bonds. The van der Waals surface area contributed by atoms with Gasteiger partial charge in [-0.1, -0.05) is 78.9 Å². The third-order valence-corrected chi connectivity index (χ3v) is 5.60. The number of aliphatic imine (C=N–C) groups is 1. The molecule has 176 valence electrons. The Bertz CT molecular complexity index is 1330. The number of hydrogen-bond donors (Lipinski definition) is 0. The van der Waals surface area contributed by atoms with Crippen molar-refractivity contribution in [2.24, 2.45) is 4.99 Å². The Balaban J connectivity index is 1.63. The van der Waals surface area contributed by atoms with Crippen LogP contribution in [0.25, 0.3) is 10.9 Å². The van der Waals surface area contributed by atoms with Crippen LogP contribution in [-0.4, -0.2) is 28.0 Å². The molecule has 3 aromatic carbocycles. The van der Waals surface area contributed by atoms with E-state index in [1.54, 1.807) is 4.57 Å². The molecule has 1 heterocycles. The van der Waals surface area contributed by atoms with Crippen molar-refractivity contribution in [3.63, 3.8) is 0 Å². The molecule has 5 heteroatoms. The molecule has 0 spiro atoms. The highest BCUT2D eigenvalue weighted by Gasteiger charge is 2.21. The number of rotatable bonds is 6. The number of fused-ring (bicyclic) bond motifs is 1. The third-order valence-electron chi connectivity index (χ3n) is 5.60. The molecule has 0 aliphatic heterocycles. The Kier molecular flexibility index (Phi) is 7.12. The summed E-state index contributed by atoms with van der Waals surface area (Å²) in [5.41, 5.74) is 3.94. The van der Waals surface area contributed by atoms with Gasteiger partial charge in [0.2, 0.25) is 0 Å². The second kappa shape index (κ2) is 10.4. The van der Waals surface area contributed by atoms with Crippen LogP contribution in [0.4, 0.5) is 4.79 Å². The minimum atomic E-state index is -0.589. The van der Waals surface area contributed by atoms with Gasteiger partial charge in [-0.2, -0.15) is 5.26 Å². The van der Waals surface area contributed by atoms with Crippen molar-refractivity contribution in [2.45, 2.75) is 45.3 Å². The lowest BCUT2D eigenvalue weighted by atomic mass is 10.0. The summed E-state index contributed by atoms with van der Waals surface area (Å²) in [6.07, 6.45) is 2.55. The van der Waals surface area contributed by atoms with E-state index in [-0.39, 0.29) is 0 Å². The normalized spacial score (nSPS) is 12.1. The van der Waals surface area contributed by atoms with Crippen molar-refractivity contribution < 1.29 is 9.53 Å². The van der Waals surface area contributed by atoms with Gasteiger partial charge in [-0.3, -0.25) is 9.56 Å². The summed E-state index contributed by atoms with van der Waals surface area (Å²) < 4.78 is 7.15. The summed E-state index contributed by atoms with van der Waals surface area (Å²) >= 11 is 0. The van der Waals surface area contributed by atoms with E-state index in [0.717, 1.165) is 33.3 Å². The van der Waals surface area contributed by atoms with Gasteiger partial charge in [0.05, 0.1) is 17.3 Å². The van der Waals surface area contributed by atoms with Crippen LogP contribution in [0.3, 0.4) is 0 Å². The number of para-hydroxylation sites is 1. The molecule has 0 saturated carbocycles. The topological polar surface area (TPSA) is 67.4 Å². The zero-order valence-electron chi connectivity index (χ0n) is 20.3. The largest absolute Gasteiger partial charge is 0.443 e. The molecule has 1 aromatic heterocycles. The van der Waals surface area contributed by atoms with Gasteiger partial charge in [0.1, 0.15) is 11.6 Å². The third kappa shape index (κ3) is 5.85. The highest BCUT2D eigenvalue weighted by atomic mass is 16.6. The predicted octanol–water partition coefficient (Wildman–Crippen LogP) is 6.79. The first-order valence-electron chi connectivity index (χ1n) is 11.8. The van der Waals surface area contributed by atoms with E-state index in [0.29, 0.717) is 12.8 Å². The first kappa shape index (κ1) is 24.0.